The summed E-state index contributed by atoms with van der Waals surface area (Å²) < 4.78 is 12.4. The van der Waals surface area contributed by atoms with Crippen molar-refractivity contribution in [2.45, 2.75) is 0 Å². The van der Waals surface area contributed by atoms with E-state index in [4.69, 9.17) is 9.47 Å². The van der Waals surface area contributed by atoms with Crippen LogP contribution in [0.3, 0.4) is 0 Å². The Kier molecular flexibility index (Phi) is 6.79. The van der Waals surface area contributed by atoms with E-state index in [1.165, 1.54) is 0 Å². The van der Waals surface area contributed by atoms with E-state index < -0.39 is 0 Å². The van der Waals surface area contributed by atoms with Crippen LogP contribution in [0.1, 0.15) is 11.1 Å². The second kappa shape index (κ2) is 11.8. The van der Waals surface area contributed by atoms with Gasteiger partial charge in [-0.2, -0.15) is 10.5 Å². The van der Waals surface area contributed by atoms with Gasteiger partial charge in [-0.05, 0) is 107 Å². The van der Waals surface area contributed by atoms with Crippen LogP contribution in [-0.4, -0.2) is 0 Å². The van der Waals surface area contributed by atoms with Crippen LogP contribution < -0.4 is 19.3 Å². The molecule has 2 aliphatic heterocycles. The fraction of sp³-hybridized carbons (Fsp3) is 0. The summed E-state index contributed by atoms with van der Waals surface area (Å²) in [7, 11) is 0. The minimum atomic E-state index is 0.338. The first kappa shape index (κ1) is 28.9. The second-order valence-corrected chi connectivity index (χ2v) is 12.0. The predicted molar refractivity (Wildman–Crippen MR) is 196 cm³/mol. The summed E-state index contributed by atoms with van der Waals surface area (Å²) in [5, 5.41) is 20.0. The molecule has 0 bridgehead atoms. The van der Waals surface area contributed by atoms with Crippen molar-refractivity contribution in [3.05, 3.63) is 169 Å². The fourth-order valence-electron chi connectivity index (χ4n) is 6.81. The van der Waals surface area contributed by atoms with Crippen LogP contribution in [-0.2, 0) is 0 Å². The van der Waals surface area contributed by atoms with E-state index >= 15 is 0 Å². The number of para-hydroxylation sites is 8. The Balaban J connectivity index is 1.13. The Labute approximate surface area is 289 Å². The maximum absolute atomic E-state index is 9.99. The molecule has 234 valence electrons. The number of hydrogen-bond donors (Lipinski definition) is 0. The predicted octanol–water partition coefficient (Wildman–Crippen LogP) is 11.9. The lowest BCUT2D eigenvalue weighted by atomic mass is 9.90. The monoisotopic (exact) mass is 642 g/mol. The number of anilines is 6. The molecule has 0 unspecified atom stereocenters. The highest BCUT2D eigenvalue weighted by molar-refractivity contribution is 5.91. The number of nitriles is 2. The third-order valence-electron chi connectivity index (χ3n) is 9.14. The molecule has 7 aromatic carbocycles. The van der Waals surface area contributed by atoms with Gasteiger partial charge in [0.1, 0.15) is 12.1 Å². The minimum Gasteiger partial charge on any atom is -0.453 e. The van der Waals surface area contributed by atoms with Gasteiger partial charge in [-0.25, -0.2) is 0 Å². The molecule has 7 aromatic rings. The van der Waals surface area contributed by atoms with Crippen molar-refractivity contribution in [3.63, 3.8) is 0 Å². The SMILES string of the molecule is N#Cc1cc(-c2ccc(N3c4ccccc4Oc4ccccc43)cc2)c(-c2ccc(N3c4ccccc4Oc4ccccc43)cc2)cc1C#N. The molecular formula is C44H26N4O2. The van der Waals surface area contributed by atoms with Crippen LogP contribution in [0.4, 0.5) is 34.1 Å². The van der Waals surface area contributed by atoms with Gasteiger partial charge in [0.15, 0.2) is 23.0 Å². The molecule has 0 aromatic heterocycles. The van der Waals surface area contributed by atoms with E-state index in [-0.39, 0.29) is 0 Å². The Morgan fingerprint density at radius 1 is 0.380 bits per heavy atom. The van der Waals surface area contributed by atoms with E-state index in [9.17, 15) is 10.5 Å². The summed E-state index contributed by atoms with van der Waals surface area (Å²) in [6.45, 7) is 0. The topological polar surface area (TPSA) is 72.5 Å². The van der Waals surface area contributed by atoms with Crippen molar-refractivity contribution < 1.29 is 9.47 Å². The van der Waals surface area contributed by atoms with Crippen molar-refractivity contribution in [2.75, 3.05) is 9.80 Å². The van der Waals surface area contributed by atoms with Crippen molar-refractivity contribution in [2.24, 2.45) is 0 Å². The first-order valence-corrected chi connectivity index (χ1v) is 16.2. The number of rotatable bonds is 4. The zero-order valence-electron chi connectivity index (χ0n) is 26.6. The normalized spacial score (nSPS) is 12.2. The first-order chi connectivity index (χ1) is 24.7. The maximum Gasteiger partial charge on any atom is 0.151 e. The molecule has 0 N–H and O–H groups in total. The third-order valence-corrected chi connectivity index (χ3v) is 9.14. The molecule has 0 saturated heterocycles. The van der Waals surface area contributed by atoms with Crippen LogP contribution in [0.25, 0.3) is 22.3 Å². The van der Waals surface area contributed by atoms with Crippen LogP contribution in [0.5, 0.6) is 23.0 Å². The highest BCUT2D eigenvalue weighted by atomic mass is 16.5. The number of ether oxygens (including phenoxy) is 2. The first-order valence-electron chi connectivity index (χ1n) is 16.2. The molecule has 0 spiro atoms. The maximum atomic E-state index is 9.99. The zero-order valence-corrected chi connectivity index (χ0v) is 26.6. The van der Waals surface area contributed by atoms with E-state index in [1.54, 1.807) is 0 Å². The van der Waals surface area contributed by atoms with Crippen LogP contribution in [0, 0.1) is 22.7 Å². The summed E-state index contributed by atoms with van der Waals surface area (Å²) in [6, 6.07) is 56.7. The second-order valence-electron chi connectivity index (χ2n) is 12.0. The van der Waals surface area contributed by atoms with Gasteiger partial charge >= 0.3 is 0 Å². The van der Waals surface area contributed by atoms with E-state index in [1.807, 2.05) is 84.9 Å². The molecule has 0 amide bonds. The Hall–Kier alpha value is -7.28. The fourth-order valence-corrected chi connectivity index (χ4v) is 6.81. The molecular weight excluding hydrogens is 617 g/mol. The van der Waals surface area contributed by atoms with Gasteiger partial charge in [-0.3, -0.25) is 0 Å². The lowest BCUT2D eigenvalue weighted by Crippen LogP contribution is -2.15. The Bertz CT molecular complexity index is 2260. The van der Waals surface area contributed by atoms with Crippen LogP contribution in [0.2, 0.25) is 0 Å². The smallest absolute Gasteiger partial charge is 0.151 e. The minimum absolute atomic E-state index is 0.338. The number of hydrogen-bond acceptors (Lipinski definition) is 6. The van der Waals surface area contributed by atoms with Gasteiger partial charge < -0.3 is 19.3 Å². The molecule has 0 saturated carbocycles. The van der Waals surface area contributed by atoms with Gasteiger partial charge in [-0.15, -0.1) is 0 Å². The lowest BCUT2D eigenvalue weighted by molar-refractivity contribution is 0.477. The molecule has 2 aliphatic rings. The van der Waals surface area contributed by atoms with Gasteiger partial charge in [0.05, 0.1) is 33.9 Å². The molecule has 0 fully saturated rings. The summed E-state index contributed by atoms with van der Waals surface area (Å²) >= 11 is 0. The third kappa shape index (κ3) is 4.72. The largest absolute Gasteiger partial charge is 0.453 e. The summed E-state index contributed by atoms with van der Waals surface area (Å²) in [4.78, 5) is 4.39. The number of benzene rings is 7. The molecule has 0 aliphatic carbocycles. The van der Waals surface area contributed by atoms with Gasteiger partial charge in [0.25, 0.3) is 0 Å². The van der Waals surface area contributed by atoms with E-state index in [0.717, 1.165) is 79.4 Å². The van der Waals surface area contributed by atoms with Gasteiger partial charge in [0, 0.05) is 11.4 Å². The number of nitrogens with zero attached hydrogens (tertiary/aromatic N) is 4. The Morgan fingerprint density at radius 3 is 0.980 bits per heavy atom. The molecule has 2 heterocycles. The number of fused-ring (bicyclic) bond motifs is 4. The highest BCUT2D eigenvalue weighted by Crippen LogP contribution is 2.52. The van der Waals surface area contributed by atoms with Crippen LogP contribution >= 0.6 is 0 Å². The quantitative estimate of drug-likeness (QED) is 0.190. The molecule has 9 rings (SSSR count). The summed E-state index contributed by atoms with van der Waals surface area (Å²) in [5.74, 6) is 3.15. The lowest BCUT2D eigenvalue weighted by Gasteiger charge is -2.33. The molecule has 6 nitrogen and oxygen atoms in total. The highest BCUT2D eigenvalue weighted by Gasteiger charge is 2.27. The van der Waals surface area contributed by atoms with Crippen molar-refractivity contribution in [1.29, 1.82) is 10.5 Å². The van der Waals surface area contributed by atoms with Crippen molar-refractivity contribution in [1.82, 2.24) is 0 Å². The standard InChI is InChI=1S/C44H26N4O2/c45-27-31-25-35(29-17-21-33(22-18-29)47-37-9-1-5-13-41(37)49-42-14-6-2-10-38(42)47)36(26-32(31)28-46)30-19-23-34(24-20-30)48-39-11-3-7-15-43(39)50-44-16-8-4-12-40(44)48/h1-26H. The average Bonchev–Trinajstić information content (AvgIpc) is 3.18. The van der Waals surface area contributed by atoms with Crippen LogP contribution in [0.15, 0.2) is 158 Å². The summed E-state index contributed by atoms with van der Waals surface area (Å²) in [6.07, 6.45) is 0. The molecule has 6 heteroatoms. The Morgan fingerprint density at radius 2 is 0.680 bits per heavy atom. The van der Waals surface area contributed by atoms with E-state index in [0.29, 0.717) is 11.1 Å². The molecule has 50 heavy (non-hydrogen) atoms. The van der Waals surface area contributed by atoms with Gasteiger partial charge in [0.2, 0.25) is 0 Å². The van der Waals surface area contributed by atoms with Crippen molar-refractivity contribution >= 4 is 34.1 Å². The average molecular weight is 643 g/mol. The zero-order chi connectivity index (χ0) is 33.6. The summed E-state index contributed by atoms with van der Waals surface area (Å²) in [5.41, 5.74) is 10.0. The molecule has 0 radical (unpaired) electrons. The van der Waals surface area contributed by atoms with Crippen molar-refractivity contribution in [3.8, 4) is 57.4 Å². The van der Waals surface area contributed by atoms with E-state index in [2.05, 4.69) is 94.7 Å². The molecule has 0 atom stereocenters. The van der Waals surface area contributed by atoms with Gasteiger partial charge in [-0.1, -0.05) is 72.8 Å².